The van der Waals surface area contributed by atoms with Crippen LogP contribution in [0.25, 0.3) is 0 Å². The van der Waals surface area contributed by atoms with Crippen LogP contribution in [0, 0.1) is 0 Å². The van der Waals surface area contributed by atoms with E-state index in [1.54, 1.807) is 0 Å². The molecule has 0 aromatic heterocycles. The summed E-state index contributed by atoms with van der Waals surface area (Å²) in [7, 11) is 0. The first-order valence-corrected chi connectivity index (χ1v) is 5.30. The van der Waals surface area contributed by atoms with Gasteiger partial charge in [-0.1, -0.05) is 23.7 Å². The summed E-state index contributed by atoms with van der Waals surface area (Å²) in [5.74, 6) is -0.152. The van der Waals surface area contributed by atoms with Gasteiger partial charge in [0.05, 0.1) is 0 Å². The summed E-state index contributed by atoms with van der Waals surface area (Å²) in [5.41, 5.74) is 0.503. The molecule has 1 aromatic carbocycles. The minimum Gasteiger partial charge on any atom is -0.452 e. The van der Waals surface area contributed by atoms with E-state index in [0.29, 0.717) is 18.0 Å². The van der Waals surface area contributed by atoms with Crippen molar-refractivity contribution in [2.75, 3.05) is 6.54 Å². The van der Waals surface area contributed by atoms with Gasteiger partial charge in [0.15, 0.2) is 5.60 Å². The molecule has 15 heavy (non-hydrogen) atoms. The Bertz CT molecular complexity index is 434. The molecule has 0 amide bonds. The van der Waals surface area contributed by atoms with Crippen molar-refractivity contribution in [1.29, 1.82) is 0 Å². The highest BCUT2D eigenvalue weighted by atomic mass is 35.5. The third-order valence-corrected chi connectivity index (χ3v) is 3.33. The second-order valence-electron chi connectivity index (χ2n) is 4.06. The van der Waals surface area contributed by atoms with E-state index in [1.807, 2.05) is 24.3 Å². The Balaban J connectivity index is 2.04. The molecule has 0 saturated carbocycles. The van der Waals surface area contributed by atoms with Gasteiger partial charge in [-0.15, -0.1) is 0 Å². The summed E-state index contributed by atoms with van der Waals surface area (Å²) in [6, 6.07) is 7.38. The second kappa shape index (κ2) is 2.97. The smallest absolute Gasteiger partial charge is 0.324 e. The fourth-order valence-electron chi connectivity index (χ4n) is 2.32. The minimum absolute atomic E-state index is 0.135. The van der Waals surface area contributed by atoms with Crippen LogP contribution >= 0.6 is 11.6 Å². The first kappa shape index (κ1) is 9.19. The number of benzene rings is 1. The molecule has 2 aliphatic heterocycles. The van der Waals surface area contributed by atoms with Crippen LogP contribution < -0.4 is 5.32 Å². The average Bonchev–Trinajstić information content (AvgIpc) is 2.76. The number of carbonyl (C=O) groups excluding carboxylic acids is 1. The highest BCUT2D eigenvalue weighted by molar-refractivity contribution is 6.30. The van der Waals surface area contributed by atoms with Crippen molar-refractivity contribution < 1.29 is 9.53 Å². The third kappa shape index (κ3) is 1.27. The van der Waals surface area contributed by atoms with Crippen molar-refractivity contribution in [3.63, 3.8) is 0 Å². The average molecular weight is 224 g/mol. The number of halogens is 1. The van der Waals surface area contributed by atoms with E-state index < -0.39 is 5.60 Å². The predicted octanol–water partition coefficient (Wildman–Crippen LogP) is 1.45. The summed E-state index contributed by atoms with van der Waals surface area (Å²) >= 11 is 5.93. The zero-order valence-corrected chi connectivity index (χ0v) is 8.75. The predicted molar refractivity (Wildman–Crippen MR) is 55.6 cm³/mol. The fraction of sp³-hybridized carbons (Fsp3) is 0.364. The van der Waals surface area contributed by atoms with E-state index in [-0.39, 0.29) is 12.0 Å². The standard InChI is InChI=1S/C11H10ClNO2/c12-8-3-1-2-7(4-8)11-5-9(13-6-11)10(14)15-11/h1-4,9,13H,5-6H2. The molecule has 2 atom stereocenters. The van der Waals surface area contributed by atoms with Crippen molar-refractivity contribution in [1.82, 2.24) is 5.32 Å². The van der Waals surface area contributed by atoms with Gasteiger partial charge >= 0.3 is 5.97 Å². The van der Waals surface area contributed by atoms with Crippen molar-refractivity contribution in [3.05, 3.63) is 34.9 Å². The van der Waals surface area contributed by atoms with Crippen LogP contribution in [0.4, 0.5) is 0 Å². The van der Waals surface area contributed by atoms with Gasteiger partial charge in [-0.25, -0.2) is 0 Å². The lowest BCUT2D eigenvalue weighted by Crippen LogP contribution is -2.40. The van der Waals surface area contributed by atoms with Crippen LogP contribution in [0.1, 0.15) is 12.0 Å². The molecule has 2 heterocycles. The van der Waals surface area contributed by atoms with Crippen LogP contribution in [0.15, 0.2) is 24.3 Å². The van der Waals surface area contributed by atoms with Gasteiger partial charge in [0.2, 0.25) is 0 Å². The number of rotatable bonds is 1. The van der Waals surface area contributed by atoms with Crippen molar-refractivity contribution in [2.45, 2.75) is 18.1 Å². The van der Waals surface area contributed by atoms with E-state index in [2.05, 4.69) is 5.32 Å². The Kier molecular flexibility index (Phi) is 1.82. The summed E-state index contributed by atoms with van der Waals surface area (Å²) in [4.78, 5) is 11.4. The third-order valence-electron chi connectivity index (χ3n) is 3.10. The van der Waals surface area contributed by atoms with Crippen LogP contribution in [0.3, 0.4) is 0 Å². The van der Waals surface area contributed by atoms with Crippen molar-refractivity contribution in [3.8, 4) is 0 Å². The monoisotopic (exact) mass is 223 g/mol. The van der Waals surface area contributed by atoms with Gasteiger partial charge in [0, 0.05) is 18.0 Å². The van der Waals surface area contributed by atoms with Gasteiger partial charge in [-0.05, 0) is 17.7 Å². The highest BCUT2D eigenvalue weighted by Gasteiger charge is 2.53. The Labute approximate surface area is 92.4 Å². The molecule has 2 saturated heterocycles. The summed E-state index contributed by atoms with van der Waals surface area (Å²) < 4.78 is 5.43. The topological polar surface area (TPSA) is 38.3 Å². The molecule has 1 N–H and O–H groups in total. The molecule has 2 bridgehead atoms. The lowest BCUT2D eigenvalue weighted by Gasteiger charge is -2.26. The van der Waals surface area contributed by atoms with E-state index >= 15 is 0 Å². The molecule has 2 unspecified atom stereocenters. The molecule has 2 fully saturated rings. The maximum absolute atomic E-state index is 11.4. The maximum atomic E-state index is 11.4. The number of hydrogen-bond donors (Lipinski definition) is 1. The number of carbonyl (C=O) groups is 1. The van der Waals surface area contributed by atoms with Crippen LogP contribution in [-0.4, -0.2) is 18.6 Å². The van der Waals surface area contributed by atoms with Gasteiger partial charge in [0.25, 0.3) is 0 Å². The van der Waals surface area contributed by atoms with Gasteiger partial charge in [0.1, 0.15) is 6.04 Å². The molecule has 3 nitrogen and oxygen atoms in total. The van der Waals surface area contributed by atoms with E-state index in [0.717, 1.165) is 5.56 Å². The molecule has 3 rings (SSSR count). The Morgan fingerprint density at radius 1 is 1.53 bits per heavy atom. The zero-order chi connectivity index (χ0) is 10.5. The molecule has 0 aliphatic carbocycles. The molecule has 78 valence electrons. The molecular weight excluding hydrogens is 214 g/mol. The molecule has 1 aromatic rings. The Morgan fingerprint density at radius 2 is 2.40 bits per heavy atom. The van der Waals surface area contributed by atoms with E-state index in [1.165, 1.54) is 0 Å². The van der Waals surface area contributed by atoms with Crippen molar-refractivity contribution >= 4 is 17.6 Å². The molecular formula is C11H10ClNO2. The molecule has 4 heteroatoms. The summed E-state index contributed by atoms with van der Waals surface area (Å²) in [5, 5.41) is 3.82. The summed E-state index contributed by atoms with van der Waals surface area (Å²) in [6.45, 7) is 0.684. The normalized spacial score (nSPS) is 33.1. The minimum atomic E-state index is -0.480. The Hall–Kier alpha value is -1.06. The zero-order valence-electron chi connectivity index (χ0n) is 8.00. The first-order chi connectivity index (χ1) is 7.20. The van der Waals surface area contributed by atoms with Crippen molar-refractivity contribution in [2.24, 2.45) is 0 Å². The number of esters is 1. The van der Waals surface area contributed by atoms with Gasteiger partial charge in [-0.3, -0.25) is 10.1 Å². The number of hydrogen-bond acceptors (Lipinski definition) is 3. The number of nitrogens with one attached hydrogen (secondary N) is 1. The Morgan fingerprint density at radius 3 is 3.00 bits per heavy atom. The van der Waals surface area contributed by atoms with Crippen LogP contribution in [0.5, 0.6) is 0 Å². The molecule has 0 radical (unpaired) electrons. The molecule has 2 aliphatic rings. The largest absolute Gasteiger partial charge is 0.452 e. The quantitative estimate of drug-likeness (QED) is 0.733. The number of ether oxygens (including phenoxy) is 1. The summed E-state index contributed by atoms with van der Waals surface area (Å²) in [6.07, 6.45) is 0.714. The number of morpholine rings is 1. The van der Waals surface area contributed by atoms with E-state index in [9.17, 15) is 4.79 Å². The number of fused-ring (bicyclic) bond motifs is 2. The lowest BCUT2D eigenvalue weighted by atomic mass is 9.93. The van der Waals surface area contributed by atoms with Crippen LogP contribution in [-0.2, 0) is 15.1 Å². The van der Waals surface area contributed by atoms with Gasteiger partial charge in [-0.2, -0.15) is 0 Å². The maximum Gasteiger partial charge on any atom is 0.324 e. The van der Waals surface area contributed by atoms with Crippen LogP contribution in [0.2, 0.25) is 5.02 Å². The lowest BCUT2D eigenvalue weighted by molar-refractivity contribution is -0.153. The van der Waals surface area contributed by atoms with Gasteiger partial charge < -0.3 is 4.74 Å². The SMILES string of the molecule is O=C1OC2(c3cccc(Cl)c3)CNC1C2. The first-order valence-electron chi connectivity index (χ1n) is 4.92. The fourth-order valence-corrected chi connectivity index (χ4v) is 2.51. The second-order valence-corrected chi connectivity index (χ2v) is 4.50. The highest BCUT2D eigenvalue weighted by Crippen LogP contribution is 2.41. The van der Waals surface area contributed by atoms with E-state index in [4.69, 9.17) is 16.3 Å². The molecule has 0 spiro atoms.